The SMILES string of the molecule is CC(C)CC(C)C(=O)NC(C(N)=O)C(C)C. The van der Waals surface area contributed by atoms with Crippen molar-refractivity contribution >= 4 is 11.8 Å². The zero-order valence-electron chi connectivity index (χ0n) is 10.9. The van der Waals surface area contributed by atoms with Crippen LogP contribution in [0.2, 0.25) is 0 Å². The molecule has 0 aromatic rings. The molecule has 0 aliphatic heterocycles. The van der Waals surface area contributed by atoms with Gasteiger partial charge in [-0.1, -0.05) is 34.6 Å². The number of hydrogen-bond acceptors (Lipinski definition) is 2. The first kappa shape index (κ1) is 14.9. The van der Waals surface area contributed by atoms with Crippen LogP contribution in [0.3, 0.4) is 0 Å². The molecule has 0 rings (SSSR count). The third-order valence-electron chi connectivity index (χ3n) is 2.54. The second-order valence-corrected chi connectivity index (χ2v) is 5.16. The zero-order chi connectivity index (χ0) is 12.9. The molecule has 0 saturated heterocycles. The molecule has 0 aromatic heterocycles. The maximum absolute atomic E-state index is 11.8. The standard InChI is InChI=1S/C12H24N2O2/c1-7(2)6-9(5)12(16)14-10(8(3)4)11(13)15/h7-10H,6H2,1-5H3,(H2,13,15)(H,14,16). The van der Waals surface area contributed by atoms with Crippen molar-refractivity contribution in [2.75, 3.05) is 0 Å². The molecule has 0 radical (unpaired) electrons. The van der Waals surface area contributed by atoms with Gasteiger partial charge in [0.25, 0.3) is 0 Å². The Bertz CT molecular complexity index is 249. The van der Waals surface area contributed by atoms with Crippen LogP contribution in [0.15, 0.2) is 0 Å². The molecule has 94 valence electrons. The van der Waals surface area contributed by atoms with Crippen LogP contribution in [0.1, 0.15) is 41.0 Å². The van der Waals surface area contributed by atoms with E-state index < -0.39 is 11.9 Å². The largest absolute Gasteiger partial charge is 0.368 e. The number of nitrogens with two attached hydrogens (primary N) is 1. The molecule has 0 aromatic carbocycles. The first-order valence-electron chi connectivity index (χ1n) is 5.85. The molecule has 0 heterocycles. The van der Waals surface area contributed by atoms with Crippen LogP contribution >= 0.6 is 0 Å². The number of hydrogen-bond donors (Lipinski definition) is 2. The van der Waals surface area contributed by atoms with Crippen molar-refractivity contribution in [1.82, 2.24) is 5.32 Å². The van der Waals surface area contributed by atoms with Gasteiger partial charge in [0.1, 0.15) is 6.04 Å². The minimum absolute atomic E-state index is 0.0210. The lowest BCUT2D eigenvalue weighted by atomic mass is 9.96. The lowest BCUT2D eigenvalue weighted by Crippen LogP contribution is -2.49. The van der Waals surface area contributed by atoms with E-state index in [1.807, 2.05) is 20.8 Å². The van der Waals surface area contributed by atoms with E-state index in [4.69, 9.17) is 5.73 Å². The Hall–Kier alpha value is -1.06. The average Bonchev–Trinajstić information content (AvgIpc) is 2.11. The molecule has 2 unspecified atom stereocenters. The van der Waals surface area contributed by atoms with E-state index in [1.54, 1.807) is 0 Å². The Kier molecular flexibility index (Phi) is 6.08. The van der Waals surface area contributed by atoms with Gasteiger partial charge in [-0.2, -0.15) is 0 Å². The fourth-order valence-corrected chi connectivity index (χ4v) is 1.68. The minimum Gasteiger partial charge on any atom is -0.368 e. The Labute approximate surface area is 98.0 Å². The lowest BCUT2D eigenvalue weighted by Gasteiger charge is -2.22. The van der Waals surface area contributed by atoms with Gasteiger partial charge >= 0.3 is 0 Å². The third kappa shape index (κ3) is 5.14. The predicted octanol–water partition coefficient (Wildman–Crippen LogP) is 1.29. The summed E-state index contributed by atoms with van der Waals surface area (Å²) in [5.74, 6) is -0.161. The third-order valence-corrected chi connectivity index (χ3v) is 2.54. The van der Waals surface area contributed by atoms with Crippen molar-refractivity contribution in [3.05, 3.63) is 0 Å². The predicted molar refractivity (Wildman–Crippen MR) is 64.6 cm³/mol. The van der Waals surface area contributed by atoms with Crippen molar-refractivity contribution in [3.8, 4) is 0 Å². The van der Waals surface area contributed by atoms with E-state index in [-0.39, 0.29) is 17.7 Å². The van der Waals surface area contributed by atoms with Crippen molar-refractivity contribution in [3.63, 3.8) is 0 Å². The van der Waals surface area contributed by atoms with Crippen LogP contribution in [0.4, 0.5) is 0 Å². The molecule has 0 bridgehead atoms. The fourth-order valence-electron chi connectivity index (χ4n) is 1.68. The maximum atomic E-state index is 11.8. The Morgan fingerprint density at radius 2 is 1.62 bits per heavy atom. The first-order chi connectivity index (χ1) is 7.25. The van der Waals surface area contributed by atoms with Crippen LogP contribution in [0.25, 0.3) is 0 Å². The molecule has 0 fully saturated rings. The number of carbonyl (C=O) groups is 2. The van der Waals surface area contributed by atoms with Gasteiger partial charge in [0.15, 0.2) is 0 Å². The van der Waals surface area contributed by atoms with Crippen LogP contribution < -0.4 is 11.1 Å². The van der Waals surface area contributed by atoms with Crippen LogP contribution in [0, 0.1) is 17.8 Å². The quantitative estimate of drug-likeness (QED) is 0.719. The summed E-state index contributed by atoms with van der Waals surface area (Å²) in [5.41, 5.74) is 5.23. The number of primary amides is 1. The van der Waals surface area contributed by atoms with E-state index >= 15 is 0 Å². The summed E-state index contributed by atoms with van der Waals surface area (Å²) in [7, 11) is 0. The topological polar surface area (TPSA) is 72.2 Å². The lowest BCUT2D eigenvalue weighted by molar-refractivity contribution is -0.130. The minimum atomic E-state index is -0.567. The van der Waals surface area contributed by atoms with Gasteiger partial charge in [-0.25, -0.2) is 0 Å². The van der Waals surface area contributed by atoms with Gasteiger partial charge in [0.05, 0.1) is 0 Å². The smallest absolute Gasteiger partial charge is 0.240 e. The second-order valence-electron chi connectivity index (χ2n) is 5.16. The molecular formula is C12H24N2O2. The number of nitrogens with one attached hydrogen (secondary N) is 1. The van der Waals surface area contributed by atoms with Crippen LogP contribution in [0.5, 0.6) is 0 Å². The van der Waals surface area contributed by atoms with Crippen molar-refractivity contribution in [2.45, 2.75) is 47.1 Å². The summed E-state index contributed by atoms with van der Waals surface area (Å²) in [5, 5.41) is 2.71. The fraction of sp³-hybridized carbons (Fsp3) is 0.833. The Morgan fingerprint density at radius 3 is 1.94 bits per heavy atom. The molecule has 2 amide bonds. The first-order valence-corrected chi connectivity index (χ1v) is 5.85. The highest BCUT2D eigenvalue weighted by molar-refractivity contribution is 5.87. The van der Waals surface area contributed by atoms with Crippen LogP contribution in [-0.2, 0) is 9.59 Å². The monoisotopic (exact) mass is 228 g/mol. The highest BCUT2D eigenvalue weighted by Gasteiger charge is 2.24. The van der Waals surface area contributed by atoms with Gasteiger partial charge in [0, 0.05) is 5.92 Å². The zero-order valence-corrected chi connectivity index (χ0v) is 10.9. The summed E-state index contributed by atoms with van der Waals surface area (Å²) in [6.07, 6.45) is 0.815. The average molecular weight is 228 g/mol. The van der Waals surface area contributed by atoms with Gasteiger partial charge in [-0.05, 0) is 18.3 Å². The molecule has 0 saturated carbocycles. The van der Waals surface area contributed by atoms with Gasteiger partial charge in [0.2, 0.25) is 11.8 Å². The number of carbonyl (C=O) groups excluding carboxylic acids is 2. The van der Waals surface area contributed by atoms with Crippen molar-refractivity contribution in [2.24, 2.45) is 23.5 Å². The van der Waals surface area contributed by atoms with E-state index in [2.05, 4.69) is 19.2 Å². The Morgan fingerprint density at radius 1 is 1.12 bits per heavy atom. The van der Waals surface area contributed by atoms with E-state index in [9.17, 15) is 9.59 Å². The molecule has 16 heavy (non-hydrogen) atoms. The normalized spacial score (nSPS) is 14.9. The van der Waals surface area contributed by atoms with Crippen molar-refractivity contribution in [1.29, 1.82) is 0 Å². The summed E-state index contributed by atoms with van der Waals surface area (Å²) < 4.78 is 0. The molecule has 0 aliphatic rings. The summed E-state index contributed by atoms with van der Waals surface area (Å²) in [6, 6.07) is -0.567. The Balaban J connectivity index is 4.35. The number of amides is 2. The van der Waals surface area contributed by atoms with Gasteiger partial charge in [-0.15, -0.1) is 0 Å². The van der Waals surface area contributed by atoms with E-state index in [1.165, 1.54) is 0 Å². The van der Waals surface area contributed by atoms with Gasteiger partial charge in [-0.3, -0.25) is 9.59 Å². The van der Waals surface area contributed by atoms with Crippen molar-refractivity contribution < 1.29 is 9.59 Å². The number of rotatable bonds is 6. The molecule has 2 atom stereocenters. The molecule has 3 N–H and O–H groups in total. The molecule has 4 heteroatoms. The highest BCUT2D eigenvalue weighted by atomic mass is 16.2. The summed E-state index contributed by atoms with van der Waals surface area (Å²) in [6.45, 7) is 9.73. The molecular weight excluding hydrogens is 204 g/mol. The highest BCUT2D eigenvalue weighted by Crippen LogP contribution is 2.12. The van der Waals surface area contributed by atoms with E-state index in [0.29, 0.717) is 5.92 Å². The maximum Gasteiger partial charge on any atom is 0.240 e. The molecule has 0 spiro atoms. The molecule has 4 nitrogen and oxygen atoms in total. The summed E-state index contributed by atoms with van der Waals surface area (Å²) >= 11 is 0. The summed E-state index contributed by atoms with van der Waals surface area (Å²) in [4.78, 5) is 22.9. The van der Waals surface area contributed by atoms with Gasteiger partial charge < -0.3 is 11.1 Å². The van der Waals surface area contributed by atoms with E-state index in [0.717, 1.165) is 6.42 Å². The molecule has 0 aliphatic carbocycles. The van der Waals surface area contributed by atoms with Crippen LogP contribution in [-0.4, -0.2) is 17.9 Å². The second kappa shape index (κ2) is 6.51.